The van der Waals surface area contributed by atoms with Gasteiger partial charge in [0.1, 0.15) is 5.60 Å². The van der Waals surface area contributed by atoms with Crippen molar-refractivity contribution in [2.45, 2.75) is 25.4 Å². The molecule has 0 aromatic heterocycles. The summed E-state index contributed by atoms with van der Waals surface area (Å²) in [6.45, 7) is 2.98. The summed E-state index contributed by atoms with van der Waals surface area (Å²) < 4.78 is 0. The van der Waals surface area contributed by atoms with Gasteiger partial charge in [-0.1, -0.05) is 60.7 Å². The molecule has 0 aliphatic carbocycles. The number of hydrogen-bond acceptors (Lipinski definition) is 2. The number of carbonyl (C=O) groups excluding carboxylic acids is 1. The number of amides is 1. The number of benzene rings is 2. The molecule has 23 heavy (non-hydrogen) atoms. The molecule has 1 atom stereocenters. The lowest BCUT2D eigenvalue weighted by Gasteiger charge is -2.42. The molecular formula is C20H23NO2. The minimum atomic E-state index is -1.07. The van der Waals surface area contributed by atoms with Crippen LogP contribution < -0.4 is 0 Å². The van der Waals surface area contributed by atoms with Crippen molar-refractivity contribution in [2.24, 2.45) is 5.92 Å². The molecule has 3 rings (SSSR count). The molecule has 0 spiro atoms. The number of aliphatic hydroxyl groups is 1. The predicted molar refractivity (Wildman–Crippen MR) is 90.9 cm³/mol. The lowest BCUT2D eigenvalue weighted by atomic mass is 9.73. The van der Waals surface area contributed by atoms with E-state index in [1.807, 2.05) is 65.6 Å². The van der Waals surface area contributed by atoms with Gasteiger partial charge in [0.2, 0.25) is 5.91 Å². The Bertz CT molecular complexity index is 614. The number of hydrogen-bond donors (Lipinski definition) is 1. The average Bonchev–Trinajstić information content (AvgIpc) is 2.62. The standard InChI is InChI=1S/C20H23NO2/c1-16(22)21-14-8-13-19(15-21)20(23,17-9-4-2-5-10-17)18-11-6-3-7-12-18/h2-7,9-12,19,23H,8,13-15H2,1H3. The van der Waals surface area contributed by atoms with E-state index in [4.69, 9.17) is 0 Å². The second-order valence-corrected chi connectivity index (χ2v) is 6.30. The molecule has 2 aromatic rings. The van der Waals surface area contributed by atoms with Crippen molar-refractivity contribution in [1.29, 1.82) is 0 Å². The fraction of sp³-hybridized carbons (Fsp3) is 0.350. The van der Waals surface area contributed by atoms with Crippen molar-refractivity contribution >= 4 is 5.91 Å². The van der Waals surface area contributed by atoms with Crippen LogP contribution in [0.4, 0.5) is 0 Å². The van der Waals surface area contributed by atoms with E-state index in [2.05, 4.69) is 0 Å². The van der Waals surface area contributed by atoms with Crippen LogP contribution in [0.15, 0.2) is 60.7 Å². The van der Waals surface area contributed by atoms with E-state index in [0.717, 1.165) is 30.5 Å². The van der Waals surface area contributed by atoms with Crippen LogP contribution in [0, 0.1) is 5.92 Å². The highest BCUT2D eigenvalue weighted by Gasteiger charge is 2.42. The molecular weight excluding hydrogens is 286 g/mol. The molecule has 0 saturated carbocycles. The van der Waals surface area contributed by atoms with E-state index in [0.29, 0.717) is 6.54 Å². The minimum Gasteiger partial charge on any atom is -0.380 e. The van der Waals surface area contributed by atoms with Gasteiger partial charge in [0.15, 0.2) is 0 Å². The summed E-state index contributed by atoms with van der Waals surface area (Å²) in [6, 6.07) is 19.6. The molecule has 3 nitrogen and oxygen atoms in total. The Morgan fingerprint density at radius 3 is 2.04 bits per heavy atom. The molecule has 2 aromatic carbocycles. The Labute approximate surface area is 137 Å². The van der Waals surface area contributed by atoms with Gasteiger partial charge in [-0.2, -0.15) is 0 Å². The molecule has 1 aliphatic rings. The van der Waals surface area contributed by atoms with Gasteiger partial charge in [-0.15, -0.1) is 0 Å². The maximum atomic E-state index is 11.8. The molecule has 1 N–H and O–H groups in total. The summed E-state index contributed by atoms with van der Waals surface area (Å²) >= 11 is 0. The van der Waals surface area contributed by atoms with Crippen LogP contribution in [0.25, 0.3) is 0 Å². The van der Waals surface area contributed by atoms with E-state index in [9.17, 15) is 9.90 Å². The maximum Gasteiger partial charge on any atom is 0.219 e. The van der Waals surface area contributed by atoms with E-state index in [1.165, 1.54) is 0 Å². The van der Waals surface area contributed by atoms with Gasteiger partial charge in [0.25, 0.3) is 0 Å². The summed E-state index contributed by atoms with van der Waals surface area (Å²) in [6.07, 6.45) is 1.83. The SMILES string of the molecule is CC(=O)N1CCCC(C(O)(c2ccccc2)c2ccccc2)C1. The van der Waals surface area contributed by atoms with Crippen LogP contribution in [-0.2, 0) is 10.4 Å². The summed E-state index contributed by atoms with van der Waals surface area (Å²) in [5.74, 6) is 0.0723. The zero-order valence-electron chi connectivity index (χ0n) is 13.5. The number of piperidine rings is 1. The fourth-order valence-electron chi connectivity index (χ4n) is 3.63. The summed E-state index contributed by atoms with van der Waals surface area (Å²) in [5, 5.41) is 11.7. The van der Waals surface area contributed by atoms with Crippen LogP contribution in [0.5, 0.6) is 0 Å². The Hall–Kier alpha value is -2.13. The molecule has 0 bridgehead atoms. The van der Waals surface area contributed by atoms with Crippen molar-refractivity contribution in [3.8, 4) is 0 Å². The number of rotatable bonds is 3. The topological polar surface area (TPSA) is 40.5 Å². The van der Waals surface area contributed by atoms with Gasteiger partial charge in [0.05, 0.1) is 0 Å². The molecule has 0 radical (unpaired) electrons. The number of carbonyl (C=O) groups is 1. The van der Waals surface area contributed by atoms with Crippen molar-refractivity contribution in [2.75, 3.05) is 13.1 Å². The van der Waals surface area contributed by atoms with Crippen LogP contribution in [-0.4, -0.2) is 29.0 Å². The fourth-order valence-corrected chi connectivity index (χ4v) is 3.63. The third-order valence-corrected chi connectivity index (χ3v) is 4.89. The first-order valence-electron chi connectivity index (χ1n) is 8.21. The summed E-state index contributed by atoms with van der Waals surface area (Å²) in [5.41, 5.74) is 0.708. The Kier molecular flexibility index (Phi) is 4.49. The van der Waals surface area contributed by atoms with E-state index >= 15 is 0 Å². The zero-order chi connectivity index (χ0) is 16.3. The van der Waals surface area contributed by atoms with Crippen LogP contribution >= 0.6 is 0 Å². The van der Waals surface area contributed by atoms with E-state index < -0.39 is 5.60 Å². The third kappa shape index (κ3) is 3.02. The normalized spacial score (nSPS) is 18.7. The van der Waals surface area contributed by atoms with Gasteiger partial charge in [-0.25, -0.2) is 0 Å². The first-order chi connectivity index (χ1) is 11.1. The van der Waals surface area contributed by atoms with Crippen LogP contribution in [0.3, 0.4) is 0 Å². The van der Waals surface area contributed by atoms with Crippen molar-refractivity contribution in [1.82, 2.24) is 4.90 Å². The van der Waals surface area contributed by atoms with Crippen molar-refractivity contribution in [3.05, 3.63) is 71.8 Å². The number of nitrogens with zero attached hydrogens (tertiary/aromatic N) is 1. The lowest BCUT2D eigenvalue weighted by Crippen LogP contribution is -2.48. The first kappa shape index (κ1) is 15.8. The smallest absolute Gasteiger partial charge is 0.219 e. The Morgan fingerprint density at radius 2 is 1.57 bits per heavy atom. The molecule has 1 aliphatic heterocycles. The monoisotopic (exact) mass is 309 g/mol. The number of likely N-dealkylation sites (tertiary alicyclic amines) is 1. The average molecular weight is 309 g/mol. The Morgan fingerprint density at radius 1 is 1.04 bits per heavy atom. The molecule has 120 valence electrons. The second-order valence-electron chi connectivity index (χ2n) is 6.30. The molecule has 1 unspecified atom stereocenters. The molecule has 1 amide bonds. The van der Waals surface area contributed by atoms with Crippen LogP contribution in [0.2, 0.25) is 0 Å². The third-order valence-electron chi connectivity index (χ3n) is 4.89. The Balaban J connectivity index is 2.04. The summed E-state index contributed by atoms with van der Waals surface area (Å²) in [4.78, 5) is 13.6. The second kappa shape index (κ2) is 6.55. The predicted octanol–water partition coefficient (Wildman–Crippen LogP) is 3.18. The summed E-state index contributed by atoms with van der Waals surface area (Å²) in [7, 11) is 0. The van der Waals surface area contributed by atoms with Gasteiger partial charge < -0.3 is 10.0 Å². The molecule has 1 saturated heterocycles. The van der Waals surface area contributed by atoms with E-state index in [1.54, 1.807) is 6.92 Å². The molecule has 1 heterocycles. The largest absolute Gasteiger partial charge is 0.380 e. The highest BCUT2D eigenvalue weighted by atomic mass is 16.3. The van der Waals surface area contributed by atoms with Crippen molar-refractivity contribution in [3.63, 3.8) is 0 Å². The molecule has 1 fully saturated rings. The van der Waals surface area contributed by atoms with Gasteiger partial charge in [-0.05, 0) is 24.0 Å². The molecule has 3 heteroatoms. The minimum absolute atomic E-state index is 0.00931. The van der Waals surface area contributed by atoms with Crippen molar-refractivity contribution < 1.29 is 9.90 Å². The quantitative estimate of drug-likeness (QED) is 0.946. The van der Waals surface area contributed by atoms with Crippen LogP contribution in [0.1, 0.15) is 30.9 Å². The highest BCUT2D eigenvalue weighted by molar-refractivity contribution is 5.73. The van der Waals surface area contributed by atoms with Gasteiger partial charge >= 0.3 is 0 Å². The zero-order valence-corrected chi connectivity index (χ0v) is 13.5. The van der Waals surface area contributed by atoms with Gasteiger partial charge in [-0.3, -0.25) is 4.79 Å². The highest BCUT2D eigenvalue weighted by Crippen LogP contribution is 2.41. The lowest BCUT2D eigenvalue weighted by molar-refractivity contribution is -0.132. The van der Waals surface area contributed by atoms with E-state index in [-0.39, 0.29) is 11.8 Å². The van der Waals surface area contributed by atoms with Gasteiger partial charge in [0, 0.05) is 25.9 Å². The first-order valence-corrected chi connectivity index (χ1v) is 8.21. The maximum absolute atomic E-state index is 11.8.